The van der Waals surface area contributed by atoms with Crippen LogP contribution in [0.25, 0.3) is 0 Å². The van der Waals surface area contributed by atoms with Crippen LogP contribution in [0, 0.1) is 5.92 Å². The van der Waals surface area contributed by atoms with E-state index in [1.54, 1.807) is 6.08 Å². The summed E-state index contributed by atoms with van der Waals surface area (Å²) in [7, 11) is 0. The molecular formula is C11H15NO. The van der Waals surface area contributed by atoms with E-state index >= 15 is 0 Å². The fourth-order valence-corrected chi connectivity index (χ4v) is 2.07. The maximum atomic E-state index is 11.1. The Hall–Kier alpha value is -1.05. The number of amides is 1. The predicted molar refractivity (Wildman–Crippen MR) is 52.2 cm³/mol. The van der Waals surface area contributed by atoms with Gasteiger partial charge >= 0.3 is 0 Å². The van der Waals surface area contributed by atoms with Gasteiger partial charge in [-0.05, 0) is 37.7 Å². The zero-order valence-electron chi connectivity index (χ0n) is 7.70. The topological polar surface area (TPSA) is 29.1 Å². The third-order valence-electron chi connectivity index (χ3n) is 2.80. The molecule has 0 saturated carbocycles. The van der Waals surface area contributed by atoms with Gasteiger partial charge in [-0.1, -0.05) is 18.2 Å². The number of carbonyl (C=O) groups excluding carboxylic acids is 1. The summed E-state index contributed by atoms with van der Waals surface area (Å²) >= 11 is 0. The molecule has 13 heavy (non-hydrogen) atoms. The summed E-state index contributed by atoms with van der Waals surface area (Å²) in [5.74, 6) is 0.623. The Kier molecular flexibility index (Phi) is 2.48. The molecule has 2 nitrogen and oxygen atoms in total. The molecule has 2 rings (SSSR count). The van der Waals surface area contributed by atoms with Crippen molar-refractivity contribution in [2.45, 2.75) is 31.7 Å². The van der Waals surface area contributed by atoms with Crippen LogP contribution < -0.4 is 5.32 Å². The van der Waals surface area contributed by atoms with E-state index in [2.05, 4.69) is 17.5 Å². The Balaban J connectivity index is 2.00. The van der Waals surface area contributed by atoms with E-state index in [-0.39, 0.29) is 5.91 Å². The van der Waals surface area contributed by atoms with E-state index in [0.717, 1.165) is 6.42 Å². The Morgan fingerprint density at radius 2 is 2.31 bits per heavy atom. The van der Waals surface area contributed by atoms with Crippen molar-refractivity contribution in [1.29, 1.82) is 0 Å². The van der Waals surface area contributed by atoms with Crippen LogP contribution in [0.3, 0.4) is 0 Å². The van der Waals surface area contributed by atoms with E-state index in [1.807, 2.05) is 6.08 Å². The Morgan fingerprint density at radius 1 is 1.38 bits per heavy atom. The highest BCUT2D eigenvalue weighted by atomic mass is 16.1. The van der Waals surface area contributed by atoms with Gasteiger partial charge in [-0.25, -0.2) is 0 Å². The first-order valence-electron chi connectivity index (χ1n) is 5.00. The van der Waals surface area contributed by atoms with Crippen molar-refractivity contribution < 1.29 is 4.79 Å². The van der Waals surface area contributed by atoms with E-state index < -0.39 is 0 Å². The largest absolute Gasteiger partial charge is 0.349 e. The van der Waals surface area contributed by atoms with Crippen LogP contribution in [0.5, 0.6) is 0 Å². The van der Waals surface area contributed by atoms with Crippen LogP contribution in [0.4, 0.5) is 0 Å². The molecule has 2 heteroatoms. The summed E-state index contributed by atoms with van der Waals surface area (Å²) < 4.78 is 0. The molecule has 1 aliphatic heterocycles. The standard InChI is InChI=1S/C11H15NO/c13-11-8-4-7-10(12-11)9-5-2-1-3-6-9/h2,4-5,8-10H,1,3,6-7H2,(H,12,13)/t9?,10-/m0/s1. The number of rotatable bonds is 1. The van der Waals surface area contributed by atoms with Gasteiger partial charge in [0.1, 0.15) is 0 Å². The van der Waals surface area contributed by atoms with Crippen molar-refractivity contribution in [3.63, 3.8) is 0 Å². The number of hydrogen-bond donors (Lipinski definition) is 1. The molecule has 0 fully saturated rings. The summed E-state index contributed by atoms with van der Waals surface area (Å²) in [5, 5.41) is 3.01. The highest BCUT2D eigenvalue weighted by Crippen LogP contribution is 2.23. The number of allylic oxidation sites excluding steroid dienone is 1. The summed E-state index contributed by atoms with van der Waals surface area (Å²) in [6, 6.07) is 0.342. The quantitative estimate of drug-likeness (QED) is 0.608. The molecule has 0 spiro atoms. The molecule has 2 aliphatic rings. The minimum absolute atomic E-state index is 0.0650. The molecule has 2 atom stereocenters. The van der Waals surface area contributed by atoms with Gasteiger partial charge in [-0.2, -0.15) is 0 Å². The van der Waals surface area contributed by atoms with Crippen molar-refractivity contribution in [2.75, 3.05) is 0 Å². The lowest BCUT2D eigenvalue weighted by Crippen LogP contribution is -2.41. The van der Waals surface area contributed by atoms with Gasteiger partial charge in [0, 0.05) is 6.04 Å². The average Bonchev–Trinajstić information content (AvgIpc) is 2.19. The highest BCUT2D eigenvalue weighted by molar-refractivity contribution is 5.88. The molecule has 0 radical (unpaired) electrons. The van der Waals surface area contributed by atoms with Gasteiger partial charge in [-0.15, -0.1) is 0 Å². The first-order chi connectivity index (χ1) is 6.36. The van der Waals surface area contributed by atoms with Crippen LogP contribution in [0.2, 0.25) is 0 Å². The molecule has 1 aliphatic carbocycles. The monoisotopic (exact) mass is 177 g/mol. The lowest BCUT2D eigenvalue weighted by atomic mass is 9.86. The maximum absolute atomic E-state index is 11.1. The molecule has 0 saturated heterocycles. The summed E-state index contributed by atoms with van der Waals surface area (Å²) in [4.78, 5) is 11.1. The van der Waals surface area contributed by atoms with E-state index in [9.17, 15) is 4.79 Å². The molecule has 1 heterocycles. The number of nitrogens with one attached hydrogen (secondary N) is 1. The summed E-state index contributed by atoms with van der Waals surface area (Å²) in [5.41, 5.74) is 0. The Labute approximate surface area is 78.7 Å². The maximum Gasteiger partial charge on any atom is 0.243 e. The van der Waals surface area contributed by atoms with Crippen LogP contribution in [0.1, 0.15) is 25.7 Å². The van der Waals surface area contributed by atoms with Crippen LogP contribution in [-0.2, 0) is 4.79 Å². The molecule has 0 bridgehead atoms. The van der Waals surface area contributed by atoms with Gasteiger partial charge in [0.05, 0.1) is 0 Å². The second-order valence-corrected chi connectivity index (χ2v) is 3.78. The van der Waals surface area contributed by atoms with Crippen molar-refractivity contribution in [3.8, 4) is 0 Å². The van der Waals surface area contributed by atoms with Gasteiger partial charge in [0.2, 0.25) is 5.91 Å². The minimum atomic E-state index is 0.0650. The van der Waals surface area contributed by atoms with Crippen molar-refractivity contribution in [1.82, 2.24) is 5.32 Å². The summed E-state index contributed by atoms with van der Waals surface area (Å²) in [6.45, 7) is 0. The second kappa shape index (κ2) is 3.77. The van der Waals surface area contributed by atoms with Crippen molar-refractivity contribution >= 4 is 5.91 Å². The fourth-order valence-electron chi connectivity index (χ4n) is 2.07. The van der Waals surface area contributed by atoms with Crippen molar-refractivity contribution in [2.24, 2.45) is 5.92 Å². The van der Waals surface area contributed by atoms with Gasteiger partial charge in [0.25, 0.3) is 0 Å². The average molecular weight is 177 g/mol. The van der Waals surface area contributed by atoms with E-state index in [4.69, 9.17) is 0 Å². The predicted octanol–water partition coefficient (Wildman–Crippen LogP) is 1.79. The van der Waals surface area contributed by atoms with Crippen LogP contribution in [-0.4, -0.2) is 11.9 Å². The molecule has 1 unspecified atom stereocenters. The molecule has 0 aromatic carbocycles. The highest BCUT2D eigenvalue weighted by Gasteiger charge is 2.22. The Bertz CT molecular complexity index is 255. The second-order valence-electron chi connectivity index (χ2n) is 3.78. The fraction of sp³-hybridized carbons (Fsp3) is 0.545. The molecule has 70 valence electrons. The SMILES string of the molecule is O=C1C=CC[C@@H](C2C=CCCC2)N1. The molecular weight excluding hydrogens is 162 g/mol. The first kappa shape index (κ1) is 8.54. The van der Waals surface area contributed by atoms with Crippen molar-refractivity contribution in [3.05, 3.63) is 24.3 Å². The smallest absolute Gasteiger partial charge is 0.243 e. The van der Waals surface area contributed by atoms with Crippen LogP contribution >= 0.6 is 0 Å². The normalized spacial score (nSPS) is 33.1. The van der Waals surface area contributed by atoms with Gasteiger partial charge in [0.15, 0.2) is 0 Å². The summed E-state index contributed by atoms with van der Waals surface area (Å²) in [6.07, 6.45) is 12.8. The van der Waals surface area contributed by atoms with E-state index in [0.29, 0.717) is 12.0 Å². The molecule has 1 N–H and O–H groups in total. The third-order valence-corrected chi connectivity index (χ3v) is 2.80. The van der Waals surface area contributed by atoms with Gasteiger partial charge in [-0.3, -0.25) is 4.79 Å². The molecule has 1 amide bonds. The zero-order valence-corrected chi connectivity index (χ0v) is 7.70. The first-order valence-corrected chi connectivity index (χ1v) is 5.00. The minimum Gasteiger partial charge on any atom is -0.349 e. The Morgan fingerprint density at radius 3 is 3.00 bits per heavy atom. The zero-order chi connectivity index (χ0) is 9.10. The lowest BCUT2D eigenvalue weighted by Gasteiger charge is -2.28. The lowest BCUT2D eigenvalue weighted by molar-refractivity contribution is -0.117. The molecule has 0 aromatic heterocycles. The molecule has 0 aromatic rings. The third kappa shape index (κ3) is 2.00. The van der Waals surface area contributed by atoms with E-state index in [1.165, 1.54) is 19.3 Å². The van der Waals surface area contributed by atoms with Gasteiger partial charge < -0.3 is 5.32 Å². The number of hydrogen-bond acceptors (Lipinski definition) is 1. The van der Waals surface area contributed by atoms with Crippen LogP contribution in [0.15, 0.2) is 24.3 Å². The number of carbonyl (C=O) groups is 1.